The van der Waals surface area contributed by atoms with Crippen LogP contribution in [0, 0.1) is 11.3 Å². The van der Waals surface area contributed by atoms with E-state index in [1.54, 1.807) is 0 Å². The minimum Gasteiger partial charge on any atom is -0.383 e. The minimum atomic E-state index is 0.359. The highest BCUT2D eigenvalue weighted by molar-refractivity contribution is 9.10. The van der Waals surface area contributed by atoms with Gasteiger partial charge >= 0.3 is 0 Å². The topological polar surface area (TPSA) is 35.8 Å². The van der Waals surface area contributed by atoms with Gasteiger partial charge in [0.2, 0.25) is 0 Å². The molecule has 1 unspecified atom stereocenters. The lowest BCUT2D eigenvalue weighted by molar-refractivity contribution is 0.780. The molecule has 2 nitrogen and oxygen atoms in total. The van der Waals surface area contributed by atoms with E-state index in [1.807, 2.05) is 12.1 Å². The second-order valence-corrected chi connectivity index (χ2v) is 4.00. The van der Waals surface area contributed by atoms with Crippen molar-refractivity contribution in [2.45, 2.75) is 12.3 Å². The van der Waals surface area contributed by atoms with Crippen molar-refractivity contribution in [3.8, 4) is 6.07 Å². The molecule has 0 saturated heterocycles. The third-order valence-electron chi connectivity index (χ3n) is 2.35. The fraction of sp³-hybridized carbons (Fsp3) is 0.300. The third kappa shape index (κ3) is 1.42. The number of anilines is 1. The van der Waals surface area contributed by atoms with Gasteiger partial charge in [-0.3, -0.25) is 0 Å². The number of nitrogens with zero attached hydrogens (tertiary/aromatic N) is 1. The third-order valence-corrected chi connectivity index (χ3v) is 3.01. The summed E-state index contributed by atoms with van der Waals surface area (Å²) in [5.41, 5.74) is 2.42. The van der Waals surface area contributed by atoms with Crippen LogP contribution in [0.3, 0.4) is 0 Å². The predicted octanol–water partition coefficient (Wildman–Crippen LogP) is 2.87. The molecule has 0 aliphatic carbocycles. The Morgan fingerprint density at radius 1 is 1.62 bits per heavy atom. The molecular formula is C10H9BrN2. The lowest BCUT2D eigenvalue weighted by atomic mass is 9.99. The summed E-state index contributed by atoms with van der Waals surface area (Å²) in [6.07, 6.45) is 0.594. The number of halogens is 1. The highest BCUT2D eigenvalue weighted by atomic mass is 79.9. The van der Waals surface area contributed by atoms with Crippen LogP contribution in [-0.2, 0) is 0 Å². The summed E-state index contributed by atoms with van der Waals surface area (Å²) in [5.74, 6) is 0.359. The first kappa shape index (κ1) is 8.58. The quantitative estimate of drug-likeness (QED) is 0.815. The number of fused-ring (bicyclic) bond motifs is 1. The van der Waals surface area contributed by atoms with E-state index in [0.717, 1.165) is 16.7 Å². The van der Waals surface area contributed by atoms with Crippen molar-refractivity contribution in [3.05, 3.63) is 28.2 Å². The van der Waals surface area contributed by atoms with Gasteiger partial charge in [0, 0.05) is 23.4 Å². The van der Waals surface area contributed by atoms with Gasteiger partial charge in [0.25, 0.3) is 0 Å². The Morgan fingerprint density at radius 3 is 3.23 bits per heavy atom. The van der Waals surface area contributed by atoms with E-state index >= 15 is 0 Å². The zero-order valence-electron chi connectivity index (χ0n) is 7.05. The van der Waals surface area contributed by atoms with Crippen molar-refractivity contribution in [1.29, 1.82) is 5.26 Å². The maximum absolute atomic E-state index is 8.63. The first-order valence-corrected chi connectivity index (χ1v) is 5.01. The number of benzene rings is 1. The fourth-order valence-corrected chi connectivity index (χ4v) is 2.22. The van der Waals surface area contributed by atoms with Crippen LogP contribution in [0.5, 0.6) is 0 Å². The Hall–Kier alpha value is -1.01. The highest BCUT2D eigenvalue weighted by Crippen LogP contribution is 2.38. The Labute approximate surface area is 85.7 Å². The first-order valence-electron chi connectivity index (χ1n) is 4.22. The van der Waals surface area contributed by atoms with Crippen molar-refractivity contribution in [2.24, 2.45) is 0 Å². The Kier molecular flexibility index (Phi) is 2.24. The molecule has 0 fully saturated rings. The monoisotopic (exact) mass is 236 g/mol. The second-order valence-electron chi connectivity index (χ2n) is 3.14. The summed E-state index contributed by atoms with van der Waals surface area (Å²) in [6, 6.07) is 8.33. The SMILES string of the molecule is N#CCC1CNc2c(Br)cccc21. The van der Waals surface area contributed by atoms with Gasteiger partial charge in [0.1, 0.15) is 0 Å². The zero-order valence-corrected chi connectivity index (χ0v) is 8.63. The van der Waals surface area contributed by atoms with Gasteiger partial charge in [-0.25, -0.2) is 0 Å². The summed E-state index contributed by atoms with van der Waals surface area (Å²) in [6.45, 7) is 0.880. The molecule has 1 atom stereocenters. The van der Waals surface area contributed by atoms with E-state index in [2.05, 4.69) is 33.4 Å². The molecule has 13 heavy (non-hydrogen) atoms. The Balaban J connectivity index is 2.39. The standard InChI is InChI=1S/C10H9BrN2/c11-9-3-1-2-8-7(4-5-12)6-13-10(8)9/h1-3,7,13H,4,6H2. The van der Waals surface area contributed by atoms with Gasteiger partial charge in [-0.1, -0.05) is 12.1 Å². The molecule has 0 saturated carbocycles. The van der Waals surface area contributed by atoms with Crippen LogP contribution < -0.4 is 5.32 Å². The van der Waals surface area contributed by atoms with E-state index in [1.165, 1.54) is 5.56 Å². The van der Waals surface area contributed by atoms with Crippen molar-refractivity contribution < 1.29 is 0 Å². The minimum absolute atomic E-state index is 0.359. The van der Waals surface area contributed by atoms with Crippen LogP contribution in [0.2, 0.25) is 0 Å². The zero-order chi connectivity index (χ0) is 9.26. The van der Waals surface area contributed by atoms with Crippen molar-refractivity contribution in [2.75, 3.05) is 11.9 Å². The molecular weight excluding hydrogens is 228 g/mol. The summed E-state index contributed by atoms with van der Waals surface area (Å²) < 4.78 is 1.09. The van der Waals surface area contributed by atoms with Crippen LogP contribution in [0.1, 0.15) is 17.9 Å². The maximum atomic E-state index is 8.63. The van der Waals surface area contributed by atoms with Crippen molar-refractivity contribution in [3.63, 3.8) is 0 Å². The maximum Gasteiger partial charge on any atom is 0.0628 e. The van der Waals surface area contributed by atoms with E-state index in [9.17, 15) is 0 Å². The van der Waals surface area contributed by atoms with Crippen LogP contribution in [0.15, 0.2) is 22.7 Å². The summed E-state index contributed by atoms with van der Waals surface area (Å²) in [5, 5.41) is 11.9. The molecule has 1 aliphatic rings. The Bertz CT molecular complexity index is 368. The first-order chi connectivity index (χ1) is 6.33. The summed E-state index contributed by atoms with van der Waals surface area (Å²) in [4.78, 5) is 0. The molecule has 0 bridgehead atoms. The van der Waals surface area contributed by atoms with Gasteiger partial charge < -0.3 is 5.32 Å². The van der Waals surface area contributed by atoms with E-state index < -0.39 is 0 Å². The molecule has 0 amide bonds. The van der Waals surface area contributed by atoms with E-state index in [4.69, 9.17) is 5.26 Å². The van der Waals surface area contributed by atoms with Gasteiger partial charge in [0.05, 0.1) is 11.8 Å². The van der Waals surface area contributed by atoms with Crippen LogP contribution in [0.25, 0.3) is 0 Å². The lowest BCUT2D eigenvalue weighted by Gasteiger charge is -2.04. The number of nitrogens with one attached hydrogen (secondary N) is 1. The summed E-state index contributed by atoms with van der Waals surface area (Å²) >= 11 is 3.48. The number of hydrogen-bond acceptors (Lipinski definition) is 2. The van der Waals surface area contributed by atoms with Gasteiger partial charge in [0.15, 0.2) is 0 Å². The molecule has 3 heteroatoms. The smallest absolute Gasteiger partial charge is 0.0628 e. The van der Waals surface area contributed by atoms with Crippen LogP contribution >= 0.6 is 15.9 Å². The molecule has 1 heterocycles. The molecule has 0 radical (unpaired) electrons. The van der Waals surface area contributed by atoms with E-state index in [-0.39, 0.29) is 0 Å². The Morgan fingerprint density at radius 2 is 2.46 bits per heavy atom. The highest BCUT2D eigenvalue weighted by Gasteiger charge is 2.22. The molecule has 0 spiro atoms. The number of nitriles is 1. The molecule has 1 N–H and O–H groups in total. The lowest BCUT2D eigenvalue weighted by Crippen LogP contribution is -2.00. The molecule has 1 aliphatic heterocycles. The normalized spacial score (nSPS) is 18.9. The number of hydrogen-bond donors (Lipinski definition) is 1. The van der Waals surface area contributed by atoms with Crippen LogP contribution in [-0.4, -0.2) is 6.54 Å². The molecule has 1 aromatic rings. The molecule has 66 valence electrons. The van der Waals surface area contributed by atoms with Crippen LogP contribution in [0.4, 0.5) is 5.69 Å². The molecule has 2 rings (SSSR count). The van der Waals surface area contributed by atoms with Crippen molar-refractivity contribution >= 4 is 21.6 Å². The molecule has 0 aromatic heterocycles. The average molecular weight is 237 g/mol. The van der Waals surface area contributed by atoms with Gasteiger partial charge in [-0.2, -0.15) is 5.26 Å². The van der Waals surface area contributed by atoms with Gasteiger partial charge in [-0.05, 0) is 27.6 Å². The second kappa shape index (κ2) is 3.39. The number of rotatable bonds is 1. The molecule has 1 aromatic carbocycles. The van der Waals surface area contributed by atoms with E-state index in [0.29, 0.717) is 12.3 Å². The fourth-order valence-electron chi connectivity index (χ4n) is 1.70. The predicted molar refractivity (Wildman–Crippen MR) is 55.6 cm³/mol. The number of para-hydroxylation sites is 1. The van der Waals surface area contributed by atoms with Gasteiger partial charge in [-0.15, -0.1) is 0 Å². The largest absolute Gasteiger partial charge is 0.383 e. The average Bonchev–Trinajstić information content (AvgIpc) is 2.51. The summed E-state index contributed by atoms with van der Waals surface area (Å²) in [7, 11) is 0. The van der Waals surface area contributed by atoms with Crippen molar-refractivity contribution in [1.82, 2.24) is 0 Å².